The standard InChI is InChI=1S/C32H42N4O3/c1-3-25-13-9-14-29(34-18-20-35(21-19-34)32(38)30-15-10-22-39-30)28(24-33)31(37)36(27(4-2)23-25)17-16-26-11-7-5-6-8-12-26/h9-10,13-15,22-23,26H,3-8,11-12,16-21H2,1-2H3. The molecular formula is C32H42N4O3. The molecule has 2 aromatic heterocycles. The van der Waals surface area contributed by atoms with Gasteiger partial charge < -0.3 is 18.8 Å². The van der Waals surface area contributed by atoms with Gasteiger partial charge in [0.05, 0.1) is 12.0 Å². The number of amides is 1. The third kappa shape index (κ3) is 7.11. The van der Waals surface area contributed by atoms with Gasteiger partial charge in [0, 0.05) is 38.4 Å². The van der Waals surface area contributed by atoms with Crippen molar-refractivity contribution in [3.63, 3.8) is 0 Å². The van der Waals surface area contributed by atoms with E-state index in [9.17, 15) is 14.9 Å². The fourth-order valence-corrected chi connectivity index (χ4v) is 5.86. The second kappa shape index (κ2) is 14.0. The Bertz CT molecular complexity index is 1260. The number of nitriles is 1. The molecular weight excluding hydrogens is 488 g/mol. The van der Waals surface area contributed by atoms with E-state index < -0.39 is 0 Å². The van der Waals surface area contributed by atoms with Crippen LogP contribution in [0, 0.1) is 17.2 Å². The molecule has 1 amide bonds. The molecule has 1 aliphatic carbocycles. The number of piperazine rings is 1. The van der Waals surface area contributed by atoms with Crippen LogP contribution in [-0.4, -0.2) is 41.6 Å². The highest BCUT2D eigenvalue weighted by atomic mass is 16.3. The maximum absolute atomic E-state index is 14.1. The van der Waals surface area contributed by atoms with Crippen molar-refractivity contribution in [2.24, 2.45) is 5.92 Å². The van der Waals surface area contributed by atoms with E-state index in [1.54, 1.807) is 17.0 Å². The van der Waals surface area contributed by atoms with Crippen molar-refractivity contribution in [1.82, 2.24) is 9.47 Å². The molecule has 4 rings (SSSR count). The summed E-state index contributed by atoms with van der Waals surface area (Å²) in [7, 11) is 0. The Morgan fingerprint density at radius 3 is 2.36 bits per heavy atom. The summed E-state index contributed by atoms with van der Waals surface area (Å²) in [4.78, 5) is 30.7. The number of aryl methyl sites for hydroxylation is 2. The second-order valence-corrected chi connectivity index (χ2v) is 10.7. The zero-order valence-corrected chi connectivity index (χ0v) is 23.5. The number of hydrogen-bond acceptors (Lipinski definition) is 5. The van der Waals surface area contributed by atoms with E-state index in [1.165, 1.54) is 44.8 Å². The lowest BCUT2D eigenvalue weighted by Gasteiger charge is -2.35. The number of rotatable bonds is 7. The lowest BCUT2D eigenvalue weighted by molar-refractivity contribution is 0.0714. The van der Waals surface area contributed by atoms with Crippen LogP contribution < -0.4 is 10.5 Å². The van der Waals surface area contributed by atoms with Gasteiger partial charge in [-0.05, 0) is 55.0 Å². The van der Waals surface area contributed by atoms with Crippen molar-refractivity contribution in [3.05, 3.63) is 75.6 Å². The van der Waals surface area contributed by atoms with Crippen LogP contribution in [0.4, 0.5) is 5.69 Å². The highest BCUT2D eigenvalue weighted by Crippen LogP contribution is 2.26. The molecule has 208 valence electrons. The minimum Gasteiger partial charge on any atom is -0.459 e. The number of nitrogens with zero attached hydrogens (tertiary/aromatic N) is 4. The first-order valence-electron chi connectivity index (χ1n) is 14.7. The Morgan fingerprint density at radius 1 is 1.00 bits per heavy atom. The molecule has 0 spiro atoms. The molecule has 1 aliphatic heterocycles. The number of aromatic nitrogens is 1. The summed E-state index contributed by atoms with van der Waals surface area (Å²) >= 11 is 0. The van der Waals surface area contributed by atoms with Gasteiger partial charge in [-0.25, -0.2) is 0 Å². The van der Waals surface area contributed by atoms with E-state index in [-0.39, 0.29) is 17.0 Å². The monoisotopic (exact) mass is 530 g/mol. The van der Waals surface area contributed by atoms with E-state index in [2.05, 4.69) is 36.9 Å². The molecule has 39 heavy (non-hydrogen) atoms. The lowest BCUT2D eigenvalue weighted by atomic mass is 9.96. The van der Waals surface area contributed by atoms with E-state index in [1.807, 2.05) is 16.7 Å². The summed E-state index contributed by atoms with van der Waals surface area (Å²) < 4.78 is 7.17. The molecule has 0 radical (unpaired) electrons. The van der Waals surface area contributed by atoms with Gasteiger partial charge in [0.25, 0.3) is 11.5 Å². The lowest BCUT2D eigenvalue weighted by Crippen LogP contribution is -2.49. The van der Waals surface area contributed by atoms with Crippen molar-refractivity contribution in [2.75, 3.05) is 31.1 Å². The Hall–Kier alpha value is -3.53. The van der Waals surface area contributed by atoms with Crippen LogP contribution in [0.2, 0.25) is 0 Å². The van der Waals surface area contributed by atoms with E-state index in [4.69, 9.17) is 4.42 Å². The molecule has 0 N–H and O–H groups in total. The largest absolute Gasteiger partial charge is 0.459 e. The average molecular weight is 531 g/mol. The number of furan rings is 1. The van der Waals surface area contributed by atoms with Crippen LogP contribution in [0.25, 0.3) is 0 Å². The van der Waals surface area contributed by atoms with Crippen LogP contribution in [0.15, 0.2) is 51.9 Å². The molecule has 1 saturated carbocycles. The first kappa shape index (κ1) is 28.5. The topological polar surface area (TPSA) is 82.5 Å². The SMILES string of the molecule is CCc1cccc(N2CCN(C(=O)c3ccco3)CC2)c(C#N)c(=O)n(CCC2CCCCCC2)c(CC)c1. The second-order valence-electron chi connectivity index (χ2n) is 10.7. The predicted molar refractivity (Wildman–Crippen MR) is 154 cm³/mol. The molecule has 0 atom stereocenters. The normalized spacial score (nSPS) is 16.3. The van der Waals surface area contributed by atoms with E-state index in [0.717, 1.165) is 30.5 Å². The van der Waals surface area contributed by atoms with Gasteiger partial charge in [-0.15, -0.1) is 0 Å². The minimum absolute atomic E-state index is 0.135. The van der Waals surface area contributed by atoms with Crippen molar-refractivity contribution in [3.8, 4) is 6.07 Å². The molecule has 0 aromatic carbocycles. The molecule has 2 aromatic rings. The van der Waals surface area contributed by atoms with Gasteiger partial charge in [0.2, 0.25) is 0 Å². The molecule has 2 aliphatic rings. The Balaban J connectivity index is 1.71. The molecule has 2 fully saturated rings. The van der Waals surface area contributed by atoms with E-state index in [0.29, 0.717) is 50.1 Å². The third-order valence-electron chi connectivity index (χ3n) is 8.24. The van der Waals surface area contributed by atoms with E-state index >= 15 is 0 Å². The summed E-state index contributed by atoms with van der Waals surface area (Å²) in [5.74, 6) is 0.822. The maximum atomic E-state index is 14.1. The van der Waals surface area contributed by atoms with Crippen molar-refractivity contribution in [2.45, 2.75) is 78.2 Å². The molecule has 7 heteroatoms. The maximum Gasteiger partial charge on any atom is 0.289 e. The fourth-order valence-electron chi connectivity index (χ4n) is 5.86. The highest BCUT2D eigenvalue weighted by molar-refractivity contribution is 5.91. The first-order chi connectivity index (χ1) is 19.0. The van der Waals surface area contributed by atoms with Crippen LogP contribution in [0.3, 0.4) is 0 Å². The number of hydrogen-bond donors (Lipinski definition) is 0. The summed E-state index contributed by atoms with van der Waals surface area (Å²) in [5.41, 5.74) is 2.72. The summed E-state index contributed by atoms with van der Waals surface area (Å²) in [5, 5.41) is 10.3. The predicted octanol–water partition coefficient (Wildman–Crippen LogP) is 5.89. The summed E-state index contributed by atoms with van der Waals surface area (Å²) in [6.07, 6.45) is 11.6. The zero-order valence-electron chi connectivity index (χ0n) is 23.5. The molecule has 0 bridgehead atoms. The minimum atomic E-state index is -0.217. The third-order valence-corrected chi connectivity index (χ3v) is 8.24. The molecule has 3 heterocycles. The van der Waals surface area contributed by atoms with Crippen molar-refractivity contribution >= 4 is 11.6 Å². The highest BCUT2D eigenvalue weighted by Gasteiger charge is 2.25. The van der Waals surface area contributed by atoms with Crippen LogP contribution in [-0.2, 0) is 19.4 Å². The van der Waals surface area contributed by atoms with Gasteiger partial charge in [-0.2, -0.15) is 5.26 Å². The fraction of sp³-hybridized carbons (Fsp3) is 0.531. The quantitative estimate of drug-likeness (QED) is 0.417. The molecule has 7 nitrogen and oxygen atoms in total. The number of carbonyl (C=O) groups is 1. The Kier molecular flexibility index (Phi) is 10.2. The smallest absolute Gasteiger partial charge is 0.289 e. The van der Waals surface area contributed by atoms with Crippen molar-refractivity contribution < 1.29 is 9.21 Å². The average Bonchev–Trinajstić information content (AvgIpc) is 3.38. The zero-order chi connectivity index (χ0) is 27.6. The van der Waals surface area contributed by atoms with Gasteiger partial charge in [0.15, 0.2) is 5.76 Å². The molecule has 0 unspecified atom stereocenters. The van der Waals surface area contributed by atoms with Gasteiger partial charge in [-0.1, -0.05) is 64.5 Å². The number of carbonyl (C=O) groups excluding carboxylic acids is 1. The molecule has 1 saturated heterocycles. The summed E-state index contributed by atoms with van der Waals surface area (Å²) in [6, 6.07) is 13.7. The van der Waals surface area contributed by atoms with Gasteiger partial charge >= 0.3 is 0 Å². The summed E-state index contributed by atoms with van der Waals surface area (Å²) in [6.45, 7) is 6.89. The van der Waals surface area contributed by atoms with Gasteiger partial charge in [0.1, 0.15) is 11.6 Å². The first-order valence-corrected chi connectivity index (χ1v) is 14.7. The number of anilines is 1. The van der Waals surface area contributed by atoms with Crippen LogP contribution >= 0.6 is 0 Å². The Labute approximate surface area is 232 Å². The Morgan fingerprint density at radius 2 is 1.74 bits per heavy atom. The van der Waals surface area contributed by atoms with Gasteiger partial charge in [-0.3, -0.25) is 9.59 Å². The van der Waals surface area contributed by atoms with Crippen LogP contribution in [0.1, 0.15) is 86.2 Å². The van der Waals surface area contributed by atoms with Crippen LogP contribution in [0.5, 0.6) is 0 Å². The van der Waals surface area contributed by atoms with Crippen molar-refractivity contribution in [1.29, 1.82) is 5.26 Å².